The standard InChI is InChI=1S/C36H35Cl2N5O5S2/c1-6-47-27-16-22(10-12-26(27)48-15-13-19(2)3)30-28(31(44)29-21(5)42-14-7-8-20(4)33(42)39-29)32(45)34(46)43(30)35-40-41-36(50-35)49-18-23-9-11-24(37)17-25(23)38/h7-12,14,16-17,19,30,44H,6,13,15,18H2,1-5H3. The molecule has 14 heteroatoms. The molecule has 5 aromatic rings. The van der Waals surface area contributed by atoms with Gasteiger partial charge in [0.2, 0.25) is 5.13 Å². The number of aryl methyl sites for hydroxylation is 2. The number of nitrogens with zero attached hydrogens (tertiary/aromatic N) is 5. The number of fused-ring (bicyclic) bond motifs is 1. The van der Waals surface area contributed by atoms with E-state index < -0.39 is 17.7 Å². The summed E-state index contributed by atoms with van der Waals surface area (Å²) in [6.07, 6.45) is 2.69. The van der Waals surface area contributed by atoms with Gasteiger partial charge in [0.05, 0.1) is 30.5 Å². The summed E-state index contributed by atoms with van der Waals surface area (Å²) in [7, 11) is 0. The zero-order valence-corrected chi connectivity index (χ0v) is 31.2. The molecular weight excluding hydrogens is 717 g/mol. The highest BCUT2D eigenvalue weighted by atomic mass is 35.5. The van der Waals surface area contributed by atoms with Crippen molar-refractivity contribution in [2.24, 2.45) is 5.92 Å². The lowest BCUT2D eigenvalue weighted by Crippen LogP contribution is -2.29. The van der Waals surface area contributed by atoms with Crippen LogP contribution in [0.5, 0.6) is 11.5 Å². The summed E-state index contributed by atoms with van der Waals surface area (Å²) in [4.78, 5) is 33.9. The van der Waals surface area contributed by atoms with E-state index >= 15 is 0 Å². The number of aliphatic hydroxyl groups excluding tert-OH is 1. The molecule has 1 N–H and O–H groups in total. The number of anilines is 1. The summed E-state index contributed by atoms with van der Waals surface area (Å²) in [6, 6.07) is 13.3. The van der Waals surface area contributed by atoms with Crippen molar-refractivity contribution in [1.29, 1.82) is 0 Å². The molecule has 1 atom stereocenters. The average Bonchev–Trinajstić information content (AvgIpc) is 3.76. The number of hydrogen-bond acceptors (Lipinski definition) is 10. The van der Waals surface area contributed by atoms with Crippen molar-refractivity contribution < 1.29 is 24.2 Å². The van der Waals surface area contributed by atoms with Gasteiger partial charge in [0, 0.05) is 22.0 Å². The van der Waals surface area contributed by atoms with Gasteiger partial charge in [-0.25, -0.2) is 4.98 Å². The number of benzene rings is 2. The maximum absolute atomic E-state index is 14.0. The number of Topliss-reactive ketones (excluding diaryl/α,β-unsaturated/α-hetero) is 1. The van der Waals surface area contributed by atoms with Gasteiger partial charge in [0.1, 0.15) is 11.3 Å². The molecule has 50 heavy (non-hydrogen) atoms. The predicted molar refractivity (Wildman–Crippen MR) is 198 cm³/mol. The van der Waals surface area contributed by atoms with Crippen LogP contribution in [0.15, 0.2) is 64.6 Å². The maximum atomic E-state index is 14.0. The SMILES string of the molecule is CCOc1cc(C2C(=C(O)c3nc4c(C)cccn4c3C)C(=O)C(=O)N2c2nnc(SCc3ccc(Cl)cc3Cl)s2)ccc1OCCC(C)C. The summed E-state index contributed by atoms with van der Waals surface area (Å²) >= 11 is 15.0. The van der Waals surface area contributed by atoms with Crippen LogP contribution in [0.1, 0.15) is 61.3 Å². The normalized spacial score (nSPS) is 15.8. The molecule has 0 spiro atoms. The van der Waals surface area contributed by atoms with Crippen LogP contribution in [0.3, 0.4) is 0 Å². The lowest BCUT2D eigenvalue weighted by molar-refractivity contribution is -0.132. The molecule has 3 aromatic heterocycles. The number of hydrogen-bond donors (Lipinski definition) is 1. The van der Waals surface area contributed by atoms with Gasteiger partial charge in [-0.05, 0) is 80.1 Å². The number of thioether (sulfide) groups is 1. The van der Waals surface area contributed by atoms with Gasteiger partial charge in [0.25, 0.3) is 5.78 Å². The number of carbonyl (C=O) groups is 2. The monoisotopic (exact) mass is 751 g/mol. The van der Waals surface area contributed by atoms with Gasteiger partial charge in [-0.15, -0.1) is 10.2 Å². The van der Waals surface area contributed by atoms with E-state index in [1.807, 2.05) is 42.6 Å². The minimum Gasteiger partial charge on any atom is -0.505 e. The number of imidazole rings is 1. The number of ketones is 1. The summed E-state index contributed by atoms with van der Waals surface area (Å²) in [5, 5.41) is 21.8. The molecule has 1 unspecified atom stereocenters. The fourth-order valence-corrected chi connectivity index (χ4v) is 8.07. The van der Waals surface area contributed by atoms with Crippen LogP contribution < -0.4 is 14.4 Å². The van der Waals surface area contributed by atoms with E-state index in [4.69, 9.17) is 37.7 Å². The fraction of sp³-hybridized carbons (Fsp3) is 0.306. The Bertz CT molecular complexity index is 2130. The topological polar surface area (TPSA) is 119 Å². The Morgan fingerprint density at radius 1 is 1.06 bits per heavy atom. The van der Waals surface area contributed by atoms with Crippen molar-refractivity contribution in [3.8, 4) is 11.5 Å². The first kappa shape index (κ1) is 35.7. The molecule has 0 aliphatic carbocycles. The van der Waals surface area contributed by atoms with Gasteiger partial charge in [-0.2, -0.15) is 0 Å². The van der Waals surface area contributed by atoms with E-state index in [9.17, 15) is 14.7 Å². The molecule has 2 aromatic carbocycles. The van der Waals surface area contributed by atoms with E-state index in [0.29, 0.717) is 67.7 Å². The lowest BCUT2D eigenvalue weighted by atomic mass is 9.96. The second-order valence-corrected chi connectivity index (χ2v) is 15.2. The fourth-order valence-electron chi connectivity index (χ4n) is 5.64. The zero-order chi connectivity index (χ0) is 35.7. The molecule has 0 bridgehead atoms. The quantitative estimate of drug-likeness (QED) is 0.0438. The Hall–Kier alpha value is -4.10. The van der Waals surface area contributed by atoms with E-state index in [-0.39, 0.29) is 22.2 Å². The van der Waals surface area contributed by atoms with Crippen LogP contribution in [0.25, 0.3) is 11.4 Å². The summed E-state index contributed by atoms with van der Waals surface area (Å²) < 4.78 is 14.5. The Kier molecular flexibility index (Phi) is 10.7. The number of pyridine rings is 1. The van der Waals surface area contributed by atoms with Gasteiger partial charge in [-0.1, -0.05) is 78.3 Å². The number of halogens is 2. The first-order valence-corrected chi connectivity index (χ1v) is 18.6. The van der Waals surface area contributed by atoms with Crippen molar-refractivity contribution in [2.75, 3.05) is 18.1 Å². The van der Waals surface area contributed by atoms with Crippen molar-refractivity contribution in [2.45, 2.75) is 57.2 Å². The number of amides is 1. The summed E-state index contributed by atoms with van der Waals surface area (Å²) in [6.45, 7) is 10.7. The largest absolute Gasteiger partial charge is 0.505 e. The van der Waals surface area contributed by atoms with Gasteiger partial charge < -0.3 is 19.0 Å². The first-order valence-electron chi connectivity index (χ1n) is 16.0. The molecule has 10 nitrogen and oxygen atoms in total. The molecule has 260 valence electrons. The van der Waals surface area contributed by atoms with Crippen LogP contribution in [-0.4, -0.2) is 49.6 Å². The van der Waals surface area contributed by atoms with Gasteiger partial charge in [-0.3, -0.25) is 14.5 Å². The van der Waals surface area contributed by atoms with E-state index in [1.165, 1.54) is 16.7 Å². The van der Waals surface area contributed by atoms with Crippen LogP contribution >= 0.6 is 46.3 Å². The minimum atomic E-state index is -1.07. The highest BCUT2D eigenvalue weighted by Crippen LogP contribution is 2.46. The van der Waals surface area contributed by atoms with E-state index in [1.54, 1.807) is 37.3 Å². The summed E-state index contributed by atoms with van der Waals surface area (Å²) in [5.74, 6) is -0.179. The van der Waals surface area contributed by atoms with Crippen LogP contribution in [0, 0.1) is 19.8 Å². The molecule has 0 saturated carbocycles. The van der Waals surface area contributed by atoms with Crippen LogP contribution in [0.2, 0.25) is 10.0 Å². The smallest absolute Gasteiger partial charge is 0.301 e. The molecule has 1 saturated heterocycles. The van der Waals surface area contributed by atoms with Crippen molar-refractivity contribution >= 4 is 74.5 Å². The Labute approximate surface area is 308 Å². The molecule has 6 rings (SSSR count). The molecule has 4 heterocycles. The Morgan fingerprint density at radius 2 is 1.86 bits per heavy atom. The van der Waals surface area contributed by atoms with E-state index in [0.717, 1.165) is 28.9 Å². The van der Waals surface area contributed by atoms with Gasteiger partial charge >= 0.3 is 5.91 Å². The number of aliphatic hydroxyl groups is 1. The van der Waals surface area contributed by atoms with Crippen molar-refractivity contribution in [1.82, 2.24) is 19.6 Å². The molecular formula is C36H35Cl2N5O5S2. The molecule has 0 radical (unpaired) electrons. The number of rotatable bonds is 12. The molecule has 1 fully saturated rings. The minimum absolute atomic E-state index is 0.118. The van der Waals surface area contributed by atoms with Crippen LogP contribution in [-0.2, 0) is 15.3 Å². The predicted octanol–water partition coefficient (Wildman–Crippen LogP) is 8.85. The van der Waals surface area contributed by atoms with E-state index in [2.05, 4.69) is 24.0 Å². The second-order valence-electron chi connectivity index (χ2n) is 12.1. The van der Waals surface area contributed by atoms with Crippen LogP contribution in [0.4, 0.5) is 5.13 Å². The third-order valence-electron chi connectivity index (χ3n) is 8.26. The number of aromatic nitrogens is 4. The highest BCUT2D eigenvalue weighted by Gasteiger charge is 2.49. The summed E-state index contributed by atoms with van der Waals surface area (Å²) in [5.41, 5.74) is 3.59. The second kappa shape index (κ2) is 15.0. The molecule has 1 amide bonds. The average molecular weight is 753 g/mol. The van der Waals surface area contributed by atoms with Crippen molar-refractivity contribution in [3.63, 3.8) is 0 Å². The maximum Gasteiger partial charge on any atom is 0.301 e. The van der Waals surface area contributed by atoms with Crippen molar-refractivity contribution in [3.05, 3.63) is 98.4 Å². The molecule has 1 aliphatic heterocycles. The first-order chi connectivity index (χ1) is 24.0. The lowest BCUT2D eigenvalue weighted by Gasteiger charge is -2.23. The highest BCUT2D eigenvalue weighted by molar-refractivity contribution is 8.00. The molecule has 1 aliphatic rings. The number of carbonyl (C=O) groups excluding carboxylic acids is 2. The zero-order valence-electron chi connectivity index (χ0n) is 28.1. The number of ether oxygens (including phenoxy) is 2. The Morgan fingerprint density at radius 3 is 2.58 bits per heavy atom. The van der Waals surface area contributed by atoms with Gasteiger partial charge in [0.15, 0.2) is 21.6 Å². The third-order valence-corrected chi connectivity index (χ3v) is 10.9. The third kappa shape index (κ3) is 7.07. The Balaban J connectivity index is 1.44.